The van der Waals surface area contributed by atoms with Gasteiger partial charge in [-0.1, -0.05) is 6.07 Å². The average molecular weight is 213 g/mol. The fraction of sp³-hybridized carbons (Fsp3) is 0. The molecule has 0 aliphatic carbocycles. The summed E-state index contributed by atoms with van der Waals surface area (Å²) in [5.74, 6) is -0.449. The Balaban J connectivity index is 2.22. The number of aromatic nitrogens is 3. The Hall–Kier alpha value is -2.43. The van der Waals surface area contributed by atoms with Crippen LogP contribution in [0, 0.1) is 0 Å². The van der Waals surface area contributed by atoms with E-state index in [1.54, 1.807) is 24.4 Å². The van der Waals surface area contributed by atoms with Crippen LogP contribution in [0.1, 0.15) is 0 Å². The molecule has 16 heavy (non-hydrogen) atoms. The van der Waals surface area contributed by atoms with E-state index in [2.05, 4.69) is 15.0 Å². The number of hydrogen-bond acceptors (Lipinski definition) is 4. The first kappa shape index (κ1) is 8.84. The van der Waals surface area contributed by atoms with Gasteiger partial charge in [-0.25, -0.2) is 14.8 Å². The highest BCUT2D eigenvalue weighted by molar-refractivity contribution is 5.78. The molecule has 0 amide bonds. The molecule has 0 spiro atoms. The Morgan fingerprint density at radius 1 is 1.25 bits per heavy atom. The molecule has 5 nitrogen and oxygen atoms in total. The highest BCUT2D eigenvalue weighted by atomic mass is 16.4. The minimum Gasteiger partial charge on any atom is -0.408 e. The first-order valence-corrected chi connectivity index (χ1v) is 4.72. The van der Waals surface area contributed by atoms with Gasteiger partial charge in [0, 0.05) is 11.8 Å². The Kier molecular flexibility index (Phi) is 1.83. The molecule has 0 aliphatic heterocycles. The van der Waals surface area contributed by atoms with E-state index in [0.29, 0.717) is 11.1 Å². The number of hydrogen-bond donors (Lipinski definition) is 1. The quantitative estimate of drug-likeness (QED) is 0.666. The SMILES string of the molecule is O=c1[nH]c2ccc(-c3ccncn3)cc2o1. The molecule has 3 aromatic rings. The molecular formula is C11H7N3O2. The summed E-state index contributed by atoms with van der Waals surface area (Å²) in [4.78, 5) is 21.5. The van der Waals surface area contributed by atoms with Gasteiger partial charge in [0.1, 0.15) is 6.33 Å². The smallest absolute Gasteiger partial charge is 0.408 e. The molecule has 0 atom stereocenters. The zero-order valence-electron chi connectivity index (χ0n) is 8.18. The summed E-state index contributed by atoms with van der Waals surface area (Å²) in [6.07, 6.45) is 3.15. The molecular weight excluding hydrogens is 206 g/mol. The summed E-state index contributed by atoms with van der Waals surface area (Å²) < 4.78 is 4.98. The van der Waals surface area contributed by atoms with Crippen molar-refractivity contribution >= 4 is 11.1 Å². The summed E-state index contributed by atoms with van der Waals surface area (Å²) in [6.45, 7) is 0. The lowest BCUT2D eigenvalue weighted by Crippen LogP contribution is -1.92. The van der Waals surface area contributed by atoms with E-state index in [0.717, 1.165) is 11.3 Å². The second-order valence-corrected chi connectivity index (χ2v) is 3.32. The van der Waals surface area contributed by atoms with Crippen molar-refractivity contribution in [1.29, 1.82) is 0 Å². The topological polar surface area (TPSA) is 71.8 Å². The van der Waals surface area contributed by atoms with Crippen molar-refractivity contribution in [3.63, 3.8) is 0 Å². The van der Waals surface area contributed by atoms with E-state index in [-0.39, 0.29) is 0 Å². The fourth-order valence-electron chi connectivity index (χ4n) is 1.57. The maximum absolute atomic E-state index is 11.0. The summed E-state index contributed by atoms with van der Waals surface area (Å²) in [5, 5.41) is 0. The van der Waals surface area contributed by atoms with Gasteiger partial charge in [0.25, 0.3) is 0 Å². The Bertz CT molecular complexity index is 685. The highest BCUT2D eigenvalue weighted by Crippen LogP contribution is 2.20. The van der Waals surface area contributed by atoms with Gasteiger partial charge < -0.3 is 4.42 Å². The third-order valence-corrected chi connectivity index (χ3v) is 2.30. The zero-order valence-corrected chi connectivity index (χ0v) is 8.18. The van der Waals surface area contributed by atoms with E-state index >= 15 is 0 Å². The molecule has 0 saturated carbocycles. The van der Waals surface area contributed by atoms with E-state index < -0.39 is 5.76 Å². The molecule has 78 valence electrons. The number of oxazole rings is 1. The van der Waals surface area contributed by atoms with E-state index in [4.69, 9.17) is 4.42 Å². The van der Waals surface area contributed by atoms with Crippen LogP contribution in [-0.2, 0) is 0 Å². The minimum atomic E-state index is -0.449. The lowest BCUT2D eigenvalue weighted by Gasteiger charge is -1.98. The van der Waals surface area contributed by atoms with Crippen LogP contribution >= 0.6 is 0 Å². The van der Waals surface area contributed by atoms with Crippen molar-refractivity contribution in [1.82, 2.24) is 15.0 Å². The van der Waals surface area contributed by atoms with Crippen LogP contribution in [0.25, 0.3) is 22.4 Å². The molecule has 0 radical (unpaired) electrons. The predicted molar refractivity (Wildman–Crippen MR) is 57.9 cm³/mol. The first-order chi connectivity index (χ1) is 7.83. The largest absolute Gasteiger partial charge is 0.417 e. The molecule has 2 heterocycles. The highest BCUT2D eigenvalue weighted by Gasteiger charge is 2.04. The van der Waals surface area contributed by atoms with Crippen LogP contribution in [0.15, 0.2) is 46.0 Å². The normalized spacial score (nSPS) is 10.8. The van der Waals surface area contributed by atoms with Gasteiger partial charge in [-0.3, -0.25) is 4.98 Å². The molecule has 0 aliphatic rings. The van der Waals surface area contributed by atoms with Crippen LogP contribution in [0.2, 0.25) is 0 Å². The second kappa shape index (κ2) is 3.30. The third kappa shape index (κ3) is 1.38. The van der Waals surface area contributed by atoms with Gasteiger partial charge in [-0.05, 0) is 18.2 Å². The molecule has 0 saturated heterocycles. The molecule has 0 unspecified atom stereocenters. The van der Waals surface area contributed by atoms with E-state index in [9.17, 15) is 4.79 Å². The van der Waals surface area contributed by atoms with Crippen LogP contribution < -0.4 is 5.76 Å². The Morgan fingerprint density at radius 3 is 3.00 bits per heavy atom. The monoisotopic (exact) mass is 213 g/mol. The molecule has 5 heteroatoms. The molecule has 1 aromatic carbocycles. The van der Waals surface area contributed by atoms with Crippen molar-refractivity contribution in [2.75, 3.05) is 0 Å². The lowest BCUT2D eigenvalue weighted by molar-refractivity contribution is 0.555. The van der Waals surface area contributed by atoms with E-state index in [1.165, 1.54) is 6.33 Å². The number of H-pyrrole nitrogens is 1. The van der Waals surface area contributed by atoms with Crippen molar-refractivity contribution in [2.45, 2.75) is 0 Å². The Morgan fingerprint density at radius 2 is 2.19 bits per heavy atom. The van der Waals surface area contributed by atoms with E-state index in [1.807, 2.05) is 6.07 Å². The van der Waals surface area contributed by atoms with Crippen molar-refractivity contribution in [3.8, 4) is 11.3 Å². The minimum absolute atomic E-state index is 0.449. The van der Waals surface area contributed by atoms with Crippen molar-refractivity contribution in [3.05, 3.63) is 47.3 Å². The number of nitrogens with zero attached hydrogens (tertiary/aromatic N) is 2. The summed E-state index contributed by atoms with van der Waals surface area (Å²) in [5.41, 5.74) is 2.89. The Labute approximate surface area is 89.8 Å². The van der Waals surface area contributed by atoms with Gasteiger partial charge in [0.2, 0.25) is 0 Å². The van der Waals surface area contributed by atoms with Crippen LogP contribution in [0.4, 0.5) is 0 Å². The van der Waals surface area contributed by atoms with Gasteiger partial charge in [-0.15, -0.1) is 0 Å². The van der Waals surface area contributed by atoms with Crippen LogP contribution in [0.5, 0.6) is 0 Å². The first-order valence-electron chi connectivity index (χ1n) is 4.72. The fourth-order valence-corrected chi connectivity index (χ4v) is 1.57. The summed E-state index contributed by atoms with van der Waals surface area (Å²) >= 11 is 0. The van der Waals surface area contributed by atoms with Crippen molar-refractivity contribution < 1.29 is 4.42 Å². The predicted octanol–water partition coefficient (Wildman–Crippen LogP) is 1.58. The maximum atomic E-state index is 11.0. The second-order valence-electron chi connectivity index (χ2n) is 3.32. The van der Waals surface area contributed by atoms with Crippen LogP contribution in [0.3, 0.4) is 0 Å². The lowest BCUT2D eigenvalue weighted by atomic mass is 10.1. The third-order valence-electron chi connectivity index (χ3n) is 2.30. The number of rotatable bonds is 1. The average Bonchev–Trinajstić information content (AvgIpc) is 2.69. The van der Waals surface area contributed by atoms with Gasteiger partial charge in [0.15, 0.2) is 5.58 Å². The zero-order chi connectivity index (χ0) is 11.0. The summed E-state index contributed by atoms with van der Waals surface area (Å²) in [7, 11) is 0. The number of aromatic amines is 1. The van der Waals surface area contributed by atoms with Gasteiger partial charge in [0.05, 0.1) is 11.2 Å². The number of fused-ring (bicyclic) bond motifs is 1. The van der Waals surface area contributed by atoms with Crippen molar-refractivity contribution in [2.24, 2.45) is 0 Å². The molecule has 0 fully saturated rings. The molecule has 1 N–H and O–H groups in total. The van der Waals surface area contributed by atoms with Crippen LogP contribution in [-0.4, -0.2) is 15.0 Å². The number of benzene rings is 1. The summed E-state index contributed by atoms with van der Waals surface area (Å²) in [6, 6.07) is 7.23. The standard InChI is InChI=1S/C11H7N3O2/c15-11-14-9-2-1-7(5-10(9)16-11)8-3-4-12-6-13-8/h1-6H,(H,14,15). The molecule has 2 aromatic heterocycles. The maximum Gasteiger partial charge on any atom is 0.417 e. The molecule has 0 bridgehead atoms. The number of nitrogens with one attached hydrogen (secondary N) is 1. The van der Waals surface area contributed by atoms with Gasteiger partial charge in [-0.2, -0.15) is 0 Å². The van der Waals surface area contributed by atoms with Gasteiger partial charge >= 0.3 is 5.76 Å². The molecule has 3 rings (SSSR count).